The number of hydrogen-bond donors (Lipinski definition) is 3. The number of hydrogen-bond acceptors (Lipinski definition) is 5. The Bertz CT molecular complexity index is 331. The lowest BCUT2D eigenvalue weighted by Gasteiger charge is -2.25. The van der Waals surface area contributed by atoms with E-state index in [9.17, 15) is 14.4 Å². The molecule has 0 heterocycles. The van der Waals surface area contributed by atoms with Crippen LogP contribution in [0.15, 0.2) is 0 Å². The van der Waals surface area contributed by atoms with Crippen molar-refractivity contribution in [2.75, 3.05) is 20.2 Å². The van der Waals surface area contributed by atoms with Crippen molar-refractivity contribution in [3.05, 3.63) is 0 Å². The molecule has 0 aliphatic carbocycles. The number of nitrogens with zero attached hydrogens (tertiary/aromatic N) is 1. The zero-order valence-corrected chi connectivity index (χ0v) is 11.3. The summed E-state index contributed by atoms with van der Waals surface area (Å²) in [5.41, 5.74) is 0. The maximum Gasteiger partial charge on any atom is 0.332 e. The number of aliphatic hydroxyl groups excluding tert-OH is 1. The number of amides is 2. The second-order valence-corrected chi connectivity index (χ2v) is 4.17. The molecule has 0 rings (SSSR count). The summed E-state index contributed by atoms with van der Waals surface area (Å²) in [5.74, 6) is -1.89. The average molecular weight is 276 g/mol. The Morgan fingerprint density at radius 1 is 1.32 bits per heavy atom. The molecule has 0 saturated carbocycles. The van der Waals surface area contributed by atoms with Gasteiger partial charge in [0.05, 0.1) is 7.11 Å². The van der Waals surface area contributed by atoms with E-state index in [0.717, 1.165) is 0 Å². The highest BCUT2D eigenvalue weighted by Gasteiger charge is 2.21. The SMILES string of the molecule is COC(=O)CN(C(=O)NCC[C@H](O)C(=O)O)C(C)C. The largest absolute Gasteiger partial charge is 0.479 e. The predicted molar refractivity (Wildman–Crippen MR) is 65.5 cm³/mol. The Morgan fingerprint density at radius 3 is 2.32 bits per heavy atom. The van der Waals surface area contributed by atoms with E-state index < -0.39 is 24.1 Å². The number of urea groups is 1. The first-order valence-corrected chi connectivity index (χ1v) is 5.81. The summed E-state index contributed by atoms with van der Waals surface area (Å²) in [7, 11) is 1.22. The summed E-state index contributed by atoms with van der Waals surface area (Å²) in [6.45, 7) is 3.27. The summed E-state index contributed by atoms with van der Waals surface area (Å²) in [5, 5.41) is 19.9. The fourth-order valence-electron chi connectivity index (χ4n) is 1.23. The van der Waals surface area contributed by atoms with Crippen molar-refractivity contribution in [3.8, 4) is 0 Å². The molecule has 19 heavy (non-hydrogen) atoms. The molecule has 0 radical (unpaired) electrons. The molecular formula is C11H20N2O6. The van der Waals surface area contributed by atoms with Crippen molar-refractivity contribution < 1.29 is 29.3 Å². The second kappa shape index (κ2) is 8.30. The lowest BCUT2D eigenvalue weighted by atomic mass is 10.2. The molecule has 8 heteroatoms. The van der Waals surface area contributed by atoms with E-state index in [1.54, 1.807) is 13.8 Å². The zero-order chi connectivity index (χ0) is 15.0. The third kappa shape index (κ3) is 6.61. The minimum absolute atomic E-state index is 0.00328. The highest BCUT2D eigenvalue weighted by Crippen LogP contribution is 2.00. The van der Waals surface area contributed by atoms with Crippen LogP contribution in [0.1, 0.15) is 20.3 Å². The van der Waals surface area contributed by atoms with Crippen LogP contribution in [-0.4, -0.2) is 65.4 Å². The summed E-state index contributed by atoms with van der Waals surface area (Å²) in [6, 6.07) is -0.735. The standard InChI is InChI=1S/C11H20N2O6/c1-7(2)13(6-9(15)19-3)11(18)12-5-4-8(14)10(16)17/h7-8,14H,4-6H2,1-3H3,(H,12,18)(H,16,17)/t8-/m0/s1. The van der Waals surface area contributed by atoms with E-state index in [4.69, 9.17) is 10.2 Å². The smallest absolute Gasteiger partial charge is 0.332 e. The third-order valence-corrected chi connectivity index (χ3v) is 2.39. The van der Waals surface area contributed by atoms with Gasteiger partial charge in [0, 0.05) is 19.0 Å². The molecule has 1 atom stereocenters. The number of ether oxygens (including phenoxy) is 1. The molecule has 0 fully saturated rings. The number of carbonyl (C=O) groups is 3. The minimum Gasteiger partial charge on any atom is -0.479 e. The monoisotopic (exact) mass is 276 g/mol. The number of carbonyl (C=O) groups excluding carboxylic acids is 2. The van der Waals surface area contributed by atoms with Gasteiger partial charge in [0.1, 0.15) is 6.54 Å². The maximum atomic E-state index is 11.8. The quantitative estimate of drug-likeness (QED) is 0.535. The average Bonchev–Trinajstić information content (AvgIpc) is 2.34. The van der Waals surface area contributed by atoms with Gasteiger partial charge in [-0.3, -0.25) is 4.79 Å². The van der Waals surface area contributed by atoms with Crippen molar-refractivity contribution in [1.29, 1.82) is 0 Å². The lowest BCUT2D eigenvalue weighted by Crippen LogP contribution is -2.47. The van der Waals surface area contributed by atoms with Crippen LogP contribution in [0, 0.1) is 0 Å². The van der Waals surface area contributed by atoms with Crippen molar-refractivity contribution in [2.45, 2.75) is 32.4 Å². The van der Waals surface area contributed by atoms with Gasteiger partial charge in [-0.15, -0.1) is 0 Å². The maximum absolute atomic E-state index is 11.8. The van der Waals surface area contributed by atoms with Crippen LogP contribution < -0.4 is 5.32 Å². The first-order valence-electron chi connectivity index (χ1n) is 5.81. The van der Waals surface area contributed by atoms with E-state index in [1.807, 2.05) is 0 Å². The van der Waals surface area contributed by atoms with E-state index in [-0.39, 0.29) is 25.6 Å². The molecule has 0 aliphatic heterocycles. The van der Waals surface area contributed by atoms with Gasteiger partial charge in [-0.25, -0.2) is 9.59 Å². The number of methoxy groups -OCH3 is 1. The summed E-state index contributed by atoms with van der Waals surface area (Å²) in [4.78, 5) is 34.5. The number of carboxylic acids is 1. The molecule has 3 N–H and O–H groups in total. The molecule has 0 aromatic heterocycles. The molecule has 2 amide bonds. The topological polar surface area (TPSA) is 116 Å². The number of aliphatic hydroxyl groups is 1. The Balaban J connectivity index is 4.26. The van der Waals surface area contributed by atoms with Crippen LogP contribution in [0.2, 0.25) is 0 Å². The molecule has 8 nitrogen and oxygen atoms in total. The predicted octanol–water partition coefficient (Wildman–Crippen LogP) is -0.585. The second-order valence-electron chi connectivity index (χ2n) is 4.17. The van der Waals surface area contributed by atoms with Gasteiger partial charge in [-0.1, -0.05) is 0 Å². The van der Waals surface area contributed by atoms with Gasteiger partial charge < -0.3 is 25.2 Å². The van der Waals surface area contributed by atoms with Crippen molar-refractivity contribution in [2.24, 2.45) is 0 Å². The summed E-state index contributed by atoms with van der Waals surface area (Å²) < 4.78 is 4.48. The van der Waals surface area contributed by atoms with Gasteiger partial charge in [-0.05, 0) is 13.8 Å². The molecule has 0 spiro atoms. The fraction of sp³-hybridized carbons (Fsp3) is 0.727. The fourth-order valence-corrected chi connectivity index (χ4v) is 1.23. The molecule has 0 aliphatic rings. The lowest BCUT2D eigenvalue weighted by molar-refractivity contribution is -0.146. The summed E-state index contributed by atoms with van der Waals surface area (Å²) >= 11 is 0. The van der Waals surface area contributed by atoms with Crippen LogP contribution in [0.3, 0.4) is 0 Å². The zero-order valence-electron chi connectivity index (χ0n) is 11.3. The van der Waals surface area contributed by atoms with Crippen molar-refractivity contribution in [3.63, 3.8) is 0 Å². The highest BCUT2D eigenvalue weighted by atomic mass is 16.5. The Morgan fingerprint density at radius 2 is 1.89 bits per heavy atom. The van der Waals surface area contributed by atoms with Crippen LogP contribution in [0.25, 0.3) is 0 Å². The van der Waals surface area contributed by atoms with Gasteiger partial charge in [-0.2, -0.15) is 0 Å². The summed E-state index contributed by atoms with van der Waals surface area (Å²) in [6.07, 6.45) is -1.63. The molecule has 0 saturated heterocycles. The number of esters is 1. The number of rotatable bonds is 7. The molecule has 110 valence electrons. The van der Waals surface area contributed by atoms with Crippen LogP contribution >= 0.6 is 0 Å². The third-order valence-electron chi connectivity index (χ3n) is 2.39. The molecule has 0 aromatic rings. The van der Waals surface area contributed by atoms with E-state index >= 15 is 0 Å². The molecule has 0 bridgehead atoms. The number of aliphatic carboxylic acids is 1. The normalized spacial score (nSPS) is 11.8. The van der Waals surface area contributed by atoms with E-state index in [1.165, 1.54) is 12.0 Å². The van der Waals surface area contributed by atoms with E-state index in [0.29, 0.717) is 0 Å². The first kappa shape index (κ1) is 17.2. The van der Waals surface area contributed by atoms with E-state index in [2.05, 4.69) is 10.1 Å². The van der Waals surface area contributed by atoms with Gasteiger partial charge in [0.15, 0.2) is 6.10 Å². The minimum atomic E-state index is -1.52. The molecule has 0 unspecified atom stereocenters. The first-order chi connectivity index (χ1) is 8.79. The molecular weight excluding hydrogens is 256 g/mol. The number of carboxylic acid groups (broad SMARTS) is 1. The van der Waals surface area contributed by atoms with Gasteiger partial charge >= 0.3 is 18.0 Å². The van der Waals surface area contributed by atoms with Crippen LogP contribution in [0.4, 0.5) is 4.79 Å². The van der Waals surface area contributed by atoms with Gasteiger partial charge in [0.25, 0.3) is 0 Å². The Labute approximate surface area is 111 Å². The van der Waals surface area contributed by atoms with Crippen LogP contribution in [0.5, 0.6) is 0 Å². The Hall–Kier alpha value is -1.83. The van der Waals surface area contributed by atoms with Crippen LogP contribution in [-0.2, 0) is 14.3 Å². The molecule has 0 aromatic carbocycles. The van der Waals surface area contributed by atoms with Gasteiger partial charge in [0.2, 0.25) is 0 Å². The van der Waals surface area contributed by atoms with Crippen molar-refractivity contribution >= 4 is 18.0 Å². The highest BCUT2D eigenvalue weighted by molar-refractivity contribution is 5.81. The number of nitrogens with one attached hydrogen (secondary N) is 1. The Kier molecular flexibility index (Phi) is 7.50. The van der Waals surface area contributed by atoms with Crippen molar-refractivity contribution in [1.82, 2.24) is 10.2 Å².